The second kappa shape index (κ2) is 3.31. The molecule has 1 saturated heterocycles. The Balaban J connectivity index is 2.13. The van der Waals surface area contributed by atoms with Crippen LogP contribution in [0.5, 0.6) is 0 Å². The van der Waals surface area contributed by atoms with Crippen LogP contribution in [-0.2, 0) is 4.79 Å². The van der Waals surface area contributed by atoms with Gasteiger partial charge < -0.3 is 0 Å². The van der Waals surface area contributed by atoms with Gasteiger partial charge in [0.1, 0.15) is 0 Å². The highest BCUT2D eigenvalue weighted by atomic mass is 16.1. The maximum Gasteiger partial charge on any atom is 0.155 e. The smallest absolute Gasteiger partial charge is 0.155 e. The summed E-state index contributed by atoms with van der Waals surface area (Å²) in [5.41, 5.74) is -0.186. The maximum atomic E-state index is 12.3. The molecule has 86 valence electrons. The minimum absolute atomic E-state index is 0.186. The highest BCUT2D eigenvalue weighted by Gasteiger charge is 2.55. The molecule has 1 aliphatic heterocycles. The van der Waals surface area contributed by atoms with Crippen LogP contribution in [0, 0.1) is 11.3 Å². The topological polar surface area (TPSA) is 20.3 Å². The first-order chi connectivity index (χ1) is 6.82. The van der Waals surface area contributed by atoms with E-state index in [0.717, 1.165) is 18.4 Å². The lowest BCUT2D eigenvalue weighted by atomic mass is 9.84. The van der Waals surface area contributed by atoms with Gasteiger partial charge in [-0.3, -0.25) is 9.69 Å². The molecule has 1 aliphatic carbocycles. The first-order valence-corrected chi connectivity index (χ1v) is 6.14. The fraction of sp³-hybridized carbons (Fsp3) is 0.923. The lowest BCUT2D eigenvalue weighted by Gasteiger charge is -2.33. The van der Waals surface area contributed by atoms with Crippen molar-refractivity contribution in [2.24, 2.45) is 11.3 Å². The van der Waals surface area contributed by atoms with E-state index in [1.54, 1.807) is 0 Å². The lowest BCUT2D eigenvalue weighted by Crippen LogP contribution is -2.47. The average Bonchev–Trinajstić information content (AvgIpc) is 2.73. The first-order valence-electron chi connectivity index (χ1n) is 6.14. The molecule has 1 saturated carbocycles. The molecule has 2 fully saturated rings. The van der Waals surface area contributed by atoms with Gasteiger partial charge in [0.2, 0.25) is 0 Å². The van der Waals surface area contributed by atoms with Crippen LogP contribution in [0.1, 0.15) is 47.5 Å². The van der Waals surface area contributed by atoms with Crippen molar-refractivity contribution >= 4 is 5.78 Å². The third kappa shape index (κ3) is 1.84. The monoisotopic (exact) mass is 209 g/mol. The predicted octanol–water partition coefficient (Wildman–Crippen LogP) is 2.47. The molecule has 3 unspecified atom stereocenters. The number of fused-ring (bicyclic) bond motifs is 1. The van der Waals surface area contributed by atoms with Gasteiger partial charge in [0.15, 0.2) is 5.78 Å². The molecule has 2 rings (SSSR count). The van der Waals surface area contributed by atoms with E-state index < -0.39 is 0 Å². The SMILES string of the molecule is CC(C)N1C(C(=O)C(C)(C)C)CC2CC21. The average molecular weight is 209 g/mol. The van der Waals surface area contributed by atoms with Crippen LogP contribution in [0.2, 0.25) is 0 Å². The second-order valence-electron chi connectivity index (χ2n) is 6.47. The largest absolute Gasteiger partial charge is 0.297 e. The highest BCUT2D eigenvalue weighted by molar-refractivity contribution is 5.89. The third-order valence-electron chi connectivity index (χ3n) is 3.79. The van der Waals surface area contributed by atoms with Gasteiger partial charge >= 0.3 is 0 Å². The standard InChI is InChI=1S/C13H23NO/c1-8(2)14-10-6-9(10)7-11(14)12(15)13(3,4)5/h8-11H,6-7H2,1-5H3. The van der Waals surface area contributed by atoms with Gasteiger partial charge in [-0.05, 0) is 32.6 Å². The van der Waals surface area contributed by atoms with Crippen molar-refractivity contribution < 1.29 is 4.79 Å². The van der Waals surface area contributed by atoms with Crippen molar-refractivity contribution in [2.45, 2.75) is 65.6 Å². The number of piperidine rings is 1. The molecule has 0 aromatic heterocycles. The van der Waals surface area contributed by atoms with Crippen LogP contribution in [0.25, 0.3) is 0 Å². The summed E-state index contributed by atoms with van der Waals surface area (Å²) in [5.74, 6) is 1.26. The Morgan fingerprint density at radius 1 is 1.27 bits per heavy atom. The number of carbonyl (C=O) groups excluding carboxylic acids is 1. The molecule has 3 atom stereocenters. The van der Waals surface area contributed by atoms with Gasteiger partial charge in [0, 0.05) is 17.5 Å². The van der Waals surface area contributed by atoms with Crippen LogP contribution in [0.4, 0.5) is 0 Å². The lowest BCUT2D eigenvalue weighted by molar-refractivity contribution is -0.132. The van der Waals surface area contributed by atoms with Crippen LogP contribution >= 0.6 is 0 Å². The summed E-state index contributed by atoms with van der Waals surface area (Å²) >= 11 is 0. The molecule has 2 heteroatoms. The van der Waals surface area contributed by atoms with Crippen LogP contribution in [0.15, 0.2) is 0 Å². The minimum Gasteiger partial charge on any atom is -0.297 e. The Labute approximate surface area is 93.0 Å². The quantitative estimate of drug-likeness (QED) is 0.696. The number of likely N-dealkylation sites (tertiary alicyclic amines) is 1. The fourth-order valence-corrected chi connectivity index (χ4v) is 2.97. The van der Waals surface area contributed by atoms with Gasteiger partial charge in [0.05, 0.1) is 6.04 Å². The molecule has 0 N–H and O–H groups in total. The molecule has 2 nitrogen and oxygen atoms in total. The van der Waals surface area contributed by atoms with Gasteiger partial charge in [-0.15, -0.1) is 0 Å². The van der Waals surface area contributed by atoms with Crippen molar-refractivity contribution in [3.8, 4) is 0 Å². The number of nitrogens with zero attached hydrogens (tertiary/aromatic N) is 1. The zero-order valence-electron chi connectivity index (χ0n) is 10.6. The van der Waals surface area contributed by atoms with E-state index in [1.807, 2.05) is 20.8 Å². The number of rotatable bonds is 2. The van der Waals surface area contributed by atoms with E-state index in [0.29, 0.717) is 11.8 Å². The van der Waals surface area contributed by atoms with Crippen LogP contribution < -0.4 is 0 Å². The Hall–Kier alpha value is -0.370. The number of hydrogen-bond acceptors (Lipinski definition) is 2. The van der Waals surface area contributed by atoms with Gasteiger partial charge in [0.25, 0.3) is 0 Å². The highest BCUT2D eigenvalue weighted by Crippen LogP contribution is 2.49. The van der Waals surface area contributed by atoms with E-state index in [9.17, 15) is 4.79 Å². The van der Waals surface area contributed by atoms with Crippen molar-refractivity contribution in [1.82, 2.24) is 4.90 Å². The van der Waals surface area contributed by atoms with Crippen LogP contribution in [-0.4, -0.2) is 28.8 Å². The summed E-state index contributed by atoms with van der Waals surface area (Å²) in [5, 5.41) is 0. The minimum atomic E-state index is -0.186. The van der Waals surface area contributed by atoms with Crippen LogP contribution in [0.3, 0.4) is 0 Å². The predicted molar refractivity (Wildman–Crippen MR) is 61.7 cm³/mol. The van der Waals surface area contributed by atoms with Crippen molar-refractivity contribution in [3.63, 3.8) is 0 Å². The summed E-state index contributed by atoms with van der Waals surface area (Å²) in [6, 6.07) is 1.44. The number of ketones is 1. The van der Waals surface area contributed by atoms with E-state index in [1.165, 1.54) is 6.42 Å². The second-order valence-corrected chi connectivity index (χ2v) is 6.47. The summed E-state index contributed by atoms with van der Waals surface area (Å²) in [6.45, 7) is 10.5. The Bertz CT molecular complexity index is 277. The summed E-state index contributed by atoms with van der Waals surface area (Å²) in [6.07, 6.45) is 2.44. The van der Waals surface area contributed by atoms with E-state index in [-0.39, 0.29) is 11.5 Å². The van der Waals surface area contributed by atoms with Gasteiger partial charge in [-0.2, -0.15) is 0 Å². The zero-order chi connectivity index (χ0) is 11.4. The molecule has 1 heterocycles. The first kappa shape index (κ1) is 11.1. The third-order valence-corrected chi connectivity index (χ3v) is 3.79. The molecular formula is C13H23NO. The number of Topliss-reactive ketones (excluding diaryl/α,β-unsaturated/α-hetero) is 1. The molecule has 0 radical (unpaired) electrons. The molecule has 0 aromatic carbocycles. The van der Waals surface area contributed by atoms with Crippen molar-refractivity contribution in [3.05, 3.63) is 0 Å². The molecule has 15 heavy (non-hydrogen) atoms. The molecule has 0 spiro atoms. The van der Waals surface area contributed by atoms with Gasteiger partial charge in [-0.25, -0.2) is 0 Å². The van der Waals surface area contributed by atoms with E-state index in [4.69, 9.17) is 0 Å². The Kier molecular flexibility index (Phi) is 2.45. The summed E-state index contributed by atoms with van der Waals surface area (Å²) < 4.78 is 0. The Morgan fingerprint density at radius 3 is 2.33 bits per heavy atom. The summed E-state index contributed by atoms with van der Waals surface area (Å²) in [4.78, 5) is 14.8. The van der Waals surface area contributed by atoms with Crippen molar-refractivity contribution in [2.75, 3.05) is 0 Å². The van der Waals surface area contributed by atoms with E-state index in [2.05, 4.69) is 18.7 Å². The fourth-order valence-electron chi connectivity index (χ4n) is 2.97. The van der Waals surface area contributed by atoms with Crippen molar-refractivity contribution in [1.29, 1.82) is 0 Å². The van der Waals surface area contributed by atoms with E-state index >= 15 is 0 Å². The molecule has 2 aliphatic rings. The molecule has 0 aromatic rings. The summed E-state index contributed by atoms with van der Waals surface area (Å²) in [7, 11) is 0. The molecular weight excluding hydrogens is 186 g/mol. The van der Waals surface area contributed by atoms with Gasteiger partial charge in [-0.1, -0.05) is 20.8 Å². The molecule has 0 bridgehead atoms. The zero-order valence-corrected chi connectivity index (χ0v) is 10.6. The normalized spacial score (nSPS) is 35.7. The number of hydrogen-bond donors (Lipinski definition) is 0. The molecule has 0 amide bonds. The Morgan fingerprint density at radius 2 is 1.87 bits per heavy atom. The number of carbonyl (C=O) groups is 1. The maximum absolute atomic E-state index is 12.3.